The molecular weight excluding hydrogens is 306 g/mol. The maximum atomic E-state index is 12.0. The average Bonchev–Trinajstić information content (AvgIpc) is 3.18. The summed E-state index contributed by atoms with van der Waals surface area (Å²) in [6, 6.07) is 7.63. The third-order valence-electron chi connectivity index (χ3n) is 4.45. The molecule has 24 heavy (non-hydrogen) atoms. The number of nitrogens with one attached hydrogen (secondary N) is 1. The summed E-state index contributed by atoms with van der Waals surface area (Å²) >= 11 is 0. The number of aryl methyl sites for hydroxylation is 2. The average molecular weight is 329 g/mol. The lowest BCUT2D eigenvalue weighted by Crippen LogP contribution is -2.45. The Bertz CT molecular complexity index is 687. The van der Waals surface area contributed by atoms with Crippen LogP contribution >= 0.6 is 0 Å². The molecule has 0 spiro atoms. The summed E-state index contributed by atoms with van der Waals surface area (Å²) in [6.07, 6.45) is 5.11. The summed E-state index contributed by atoms with van der Waals surface area (Å²) in [6.45, 7) is 1.48. The fourth-order valence-corrected chi connectivity index (χ4v) is 2.98. The summed E-state index contributed by atoms with van der Waals surface area (Å²) in [5.41, 5.74) is 0.116. The number of carbonyl (C=O) groups excluding carboxylic acids is 1. The van der Waals surface area contributed by atoms with Crippen molar-refractivity contribution in [2.75, 3.05) is 24.5 Å². The summed E-state index contributed by atoms with van der Waals surface area (Å²) in [5.74, 6) is 0.803. The SMILES string of the molecule is Cn1nccc1CCC(=O)NC[C@@]1(O)CCN(c2ccccn2)C1. The van der Waals surface area contributed by atoms with Gasteiger partial charge in [-0.1, -0.05) is 6.07 Å². The first-order valence-corrected chi connectivity index (χ1v) is 8.18. The van der Waals surface area contributed by atoms with Crippen LogP contribution in [0, 0.1) is 0 Å². The number of amides is 1. The maximum Gasteiger partial charge on any atom is 0.220 e. The van der Waals surface area contributed by atoms with E-state index in [1.165, 1.54) is 0 Å². The van der Waals surface area contributed by atoms with Crippen molar-refractivity contribution in [3.05, 3.63) is 42.4 Å². The van der Waals surface area contributed by atoms with Gasteiger partial charge >= 0.3 is 0 Å². The number of hydrogen-bond acceptors (Lipinski definition) is 5. The molecule has 1 aliphatic heterocycles. The van der Waals surface area contributed by atoms with Crippen LogP contribution < -0.4 is 10.2 Å². The van der Waals surface area contributed by atoms with Crippen molar-refractivity contribution in [3.8, 4) is 0 Å². The first-order valence-electron chi connectivity index (χ1n) is 8.18. The summed E-state index contributed by atoms with van der Waals surface area (Å²) in [5, 5.41) is 17.6. The van der Waals surface area contributed by atoms with Crippen LogP contribution in [0.5, 0.6) is 0 Å². The van der Waals surface area contributed by atoms with E-state index in [2.05, 4.69) is 15.4 Å². The monoisotopic (exact) mass is 329 g/mol. The highest BCUT2D eigenvalue weighted by atomic mass is 16.3. The molecule has 0 saturated carbocycles. The molecular formula is C17H23N5O2. The maximum absolute atomic E-state index is 12.0. The Labute approximate surface area is 141 Å². The molecule has 3 rings (SSSR count). The molecule has 3 heterocycles. The Morgan fingerprint density at radius 3 is 2.96 bits per heavy atom. The van der Waals surface area contributed by atoms with Gasteiger partial charge in [-0.3, -0.25) is 9.48 Å². The predicted octanol–water partition coefficient (Wildman–Crippen LogP) is 0.505. The van der Waals surface area contributed by atoms with Crippen LogP contribution in [0.4, 0.5) is 5.82 Å². The number of anilines is 1. The van der Waals surface area contributed by atoms with Crippen LogP contribution in [0.15, 0.2) is 36.7 Å². The van der Waals surface area contributed by atoms with Crippen LogP contribution in [-0.4, -0.2) is 51.0 Å². The van der Waals surface area contributed by atoms with Crippen molar-refractivity contribution < 1.29 is 9.90 Å². The van der Waals surface area contributed by atoms with E-state index >= 15 is 0 Å². The molecule has 0 radical (unpaired) electrons. The van der Waals surface area contributed by atoms with Crippen LogP contribution in [0.3, 0.4) is 0 Å². The van der Waals surface area contributed by atoms with Crippen LogP contribution in [-0.2, 0) is 18.3 Å². The number of aliphatic hydroxyl groups is 1. The van der Waals surface area contributed by atoms with E-state index < -0.39 is 5.60 Å². The molecule has 2 aromatic heterocycles. The predicted molar refractivity (Wildman–Crippen MR) is 90.6 cm³/mol. The highest BCUT2D eigenvalue weighted by Crippen LogP contribution is 2.24. The normalized spacial score (nSPS) is 20.3. The van der Waals surface area contributed by atoms with Gasteiger partial charge in [0, 0.05) is 51.2 Å². The number of aromatic nitrogens is 3. The topological polar surface area (TPSA) is 83.3 Å². The second-order valence-corrected chi connectivity index (χ2v) is 6.31. The van der Waals surface area contributed by atoms with Gasteiger partial charge in [-0.15, -0.1) is 0 Å². The van der Waals surface area contributed by atoms with Gasteiger partial charge in [-0.25, -0.2) is 4.98 Å². The molecule has 7 heteroatoms. The van der Waals surface area contributed by atoms with E-state index in [1.54, 1.807) is 17.1 Å². The highest BCUT2D eigenvalue weighted by Gasteiger charge is 2.36. The summed E-state index contributed by atoms with van der Waals surface area (Å²) in [7, 11) is 1.86. The molecule has 0 aromatic carbocycles. The van der Waals surface area contributed by atoms with Crippen molar-refractivity contribution in [2.45, 2.75) is 24.9 Å². The van der Waals surface area contributed by atoms with E-state index in [-0.39, 0.29) is 12.5 Å². The van der Waals surface area contributed by atoms with Gasteiger partial charge in [-0.2, -0.15) is 5.10 Å². The van der Waals surface area contributed by atoms with E-state index in [9.17, 15) is 9.90 Å². The van der Waals surface area contributed by atoms with Gasteiger partial charge in [0.25, 0.3) is 0 Å². The van der Waals surface area contributed by atoms with Gasteiger partial charge in [0.05, 0.1) is 0 Å². The first-order chi connectivity index (χ1) is 11.6. The lowest BCUT2D eigenvalue weighted by atomic mass is 10.0. The molecule has 1 aliphatic rings. The molecule has 1 amide bonds. The molecule has 0 bridgehead atoms. The molecule has 2 N–H and O–H groups in total. The number of nitrogens with zero attached hydrogens (tertiary/aromatic N) is 4. The Kier molecular flexibility index (Phi) is 4.80. The van der Waals surface area contributed by atoms with E-state index in [0.29, 0.717) is 25.8 Å². The smallest absolute Gasteiger partial charge is 0.220 e. The number of hydrogen-bond donors (Lipinski definition) is 2. The third-order valence-corrected chi connectivity index (χ3v) is 4.45. The highest BCUT2D eigenvalue weighted by molar-refractivity contribution is 5.76. The molecule has 1 fully saturated rings. The minimum absolute atomic E-state index is 0.0547. The quantitative estimate of drug-likeness (QED) is 0.807. The van der Waals surface area contributed by atoms with Gasteiger partial charge < -0.3 is 15.3 Å². The van der Waals surface area contributed by atoms with Gasteiger partial charge in [0.15, 0.2) is 0 Å². The largest absolute Gasteiger partial charge is 0.386 e. The molecule has 7 nitrogen and oxygen atoms in total. The van der Waals surface area contributed by atoms with Gasteiger partial charge in [0.2, 0.25) is 5.91 Å². The van der Waals surface area contributed by atoms with Crippen LogP contribution in [0.25, 0.3) is 0 Å². The van der Waals surface area contributed by atoms with E-state index in [1.807, 2.05) is 36.2 Å². The summed E-state index contributed by atoms with van der Waals surface area (Å²) < 4.78 is 1.77. The Morgan fingerprint density at radius 2 is 2.25 bits per heavy atom. The molecule has 2 aromatic rings. The lowest BCUT2D eigenvalue weighted by molar-refractivity contribution is -0.122. The second-order valence-electron chi connectivity index (χ2n) is 6.31. The van der Waals surface area contributed by atoms with E-state index in [4.69, 9.17) is 0 Å². The standard InChI is InChI=1S/C17H23N5O2/c1-21-14(7-10-20-21)5-6-16(23)19-12-17(24)8-11-22(13-17)15-4-2-3-9-18-15/h2-4,7,9-10,24H,5-6,8,11-13H2,1H3,(H,19,23)/t17-/m0/s1. The number of pyridine rings is 1. The number of carbonyl (C=O) groups is 1. The van der Waals surface area contributed by atoms with Crippen molar-refractivity contribution in [3.63, 3.8) is 0 Å². The Balaban J connectivity index is 1.46. The second kappa shape index (κ2) is 7.00. The molecule has 1 atom stereocenters. The molecule has 0 unspecified atom stereocenters. The van der Waals surface area contributed by atoms with Crippen molar-refractivity contribution >= 4 is 11.7 Å². The molecule has 1 saturated heterocycles. The number of β-amino-alcohol motifs (C(OH)–C–C–N with tert-alkyl or cyclic N) is 1. The van der Waals surface area contributed by atoms with E-state index in [0.717, 1.165) is 18.1 Å². The zero-order chi connectivity index (χ0) is 17.0. The fraction of sp³-hybridized carbons (Fsp3) is 0.471. The number of rotatable bonds is 6. The molecule has 128 valence electrons. The fourth-order valence-electron chi connectivity index (χ4n) is 2.98. The van der Waals surface area contributed by atoms with Crippen LogP contribution in [0.1, 0.15) is 18.5 Å². The minimum atomic E-state index is -0.903. The van der Waals surface area contributed by atoms with Gasteiger partial charge in [0.1, 0.15) is 11.4 Å². The van der Waals surface area contributed by atoms with Gasteiger partial charge in [-0.05, 0) is 31.0 Å². The Morgan fingerprint density at radius 1 is 1.38 bits per heavy atom. The minimum Gasteiger partial charge on any atom is -0.386 e. The van der Waals surface area contributed by atoms with Crippen molar-refractivity contribution in [1.29, 1.82) is 0 Å². The zero-order valence-corrected chi connectivity index (χ0v) is 13.9. The lowest BCUT2D eigenvalue weighted by Gasteiger charge is -2.24. The van der Waals surface area contributed by atoms with Crippen molar-refractivity contribution in [2.24, 2.45) is 7.05 Å². The zero-order valence-electron chi connectivity index (χ0n) is 13.9. The first kappa shape index (κ1) is 16.4. The van der Waals surface area contributed by atoms with Crippen LogP contribution in [0.2, 0.25) is 0 Å². The third kappa shape index (κ3) is 3.91. The summed E-state index contributed by atoms with van der Waals surface area (Å²) in [4.78, 5) is 18.4. The van der Waals surface area contributed by atoms with Crippen molar-refractivity contribution in [1.82, 2.24) is 20.1 Å². The Hall–Kier alpha value is -2.41. The molecule has 0 aliphatic carbocycles.